The van der Waals surface area contributed by atoms with Crippen LogP contribution in [0.15, 0.2) is 52.2 Å². The fourth-order valence-corrected chi connectivity index (χ4v) is 3.11. The molecule has 12 nitrogen and oxygen atoms in total. The molecule has 0 aliphatic carbocycles. The van der Waals surface area contributed by atoms with Crippen molar-refractivity contribution in [3.05, 3.63) is 69.0 Å². The number of rotatable bonds is 11. The van der Waals surface area contributed by atoms with Gasteiger partial charge in [-0.1, -0.05) is 30.3 Å². The monoisotopic (exact) mass is 480 g/mol. The van der Waals surface area contributed by atoms with Gasteiger partial charge in [0.1, 0.15) is 18.2 Å². The Morgan fingerprint density at radius 3 is 2.20 bits per heavy atom. The zero-order valence-corrected chi connectivity index (χ0v) is 19.6. The summed E-state index contributed by atoms with van der Waals surface area (Å²) in [5.41, 5.74) is 0.0796. The molecule has 184 valence electrons. The molecule has 35 heavy (non-hydrogen) atoms. The van der Waals surface area contributed by atoms with E-state index in [0.717, 1.165) is 10.1 Å². The average Bonchev–Trinajstić information content (AvgIpc) is 2.83. The number of benzene rings is 1. The molecule has 0 saturated heterocycles. The lowest BCUT2D eigenvalue weighted by Crippen LogP contribution is -2.37. The van der Waals surface area contributed by atoms with E-state index in [4.69, 9.17) is 0 Å². The van der Waals surface area contributed by atoms with E-state index in [0.29, 0.717) is 42.7 Å². The molecule has 0 unspecified atom stereocenters. The third-order valence-corrected chi connectivity index (χ3v) is 4.82. The van der Waals surface area contributed by atoms with Gasteiger partial charge in [0.25, 0.3) is 5.56 Å². The molecule has 2 amide bonds. The molecule has 5 N–H and O–H groups in total. The van der Waals surface area contributed by atoms with Crippen molar-refractivity contribution in [1.29, 1.82) is 0 Å². The van der Waals surface area contributed by atoms with Crippen LogP contribution in [0.1, 0.15) is 12.5 Å². The van der Waals surface area contributed by atoms with Crippen molar-refractivity contribution in [3.8, 4) is 11.4 Å². The summed E-state index contributed by atoms with van der Waals surface area (Å²) in [7, 11) is 0. The van der Waals surface area contributed by atoms with Crippen LogP contribution in [-0.2, 0) is 16.1 Å². The van der Waals surface area contributed by atoms with Crippen LogP contribution in [0.4, 0.5) is 11.6 Å². The van der Waals surface area contributed by atoms with E-state index in [1.165, 1.54) is 13.1 Å². The third-order valence-electron chi connectivity index (χ3n) is 4.82. The summed E-state index contributed by atoms with van der Waals surface area (Å²) in [5, 5.41) is 11.8. The second-order valence-electron chi connectivity index (χ2n) is 7.71. The second kappa shape index (κ2) is 12.1. The molecule has 2 aromatic heterocycles. The zero-order valence-electron chi connectivity index (χ0n) is 19.6. The van der Waals surface area contributed by atoms with Crippen LogP contribution in [0.2, 0.25) is 0 Å². The number of carbonyl (C=O) groups excluding carboxylic acids is 2. The standard InChI is InChI=1S/C23H28N8O4/c1-15-13-31(23(35)30-22(15)34)14-20(33)27-11-10-26-19-12-18(25-9-8-24-16(2)32)28-21(29-19)17-6-4-3-5-7-17/h3-7,12-13H,8-11,14H2,1-2H3,(H,24,32)(H,27,33)(H,30,34,35)(H2,25,26,28,29). The van der Waals surface area contributed by atoms with Crippen LogP contribution in [0, 0.1) is 6.92 Å². The number of anilines is 2. The van der Waals surface area contributed by atoms with E-state index in [-0.39, 0.29) is 24.9 Å². The molecule has 0 aliphatic heterocycles. The predicted molar refractivity (Wildman–Crippen MR) is 132 cm³/mol. The Labute approximate surface area is 201 Å². The highest BCUT2D eigenvalue weighted by molar-refractivity contribution is 5.75. The fraction of sp³-hybridized carbons (Fsp3) is 0.304. The van der Waals surface area contributed by atoms with Gasteiger partial charge in [-0.3, -0.25) is 23.9 Å². The Morgan fingerprint density at radius 2 is 1.57 bits per heavy atom. The molecule has 1 aromatic carbocycles. The van der Waals surface area contributed by atoms with Crippen LogP contribution >= 0.6 is 0 Å². The van der Waals surface area contributed by atoms with Crippen LogP contribution < -0.4 is 32.5 Å². The summed E-state index contributed by atoms with van der Waals surface area (Å²) in [6.45, 7) is 4.42. The van der Waals surface area contributed by atoms with Crippen molar-refractivity contribution in [2.45, 2.75) is 20.4 Å². The second-order valence-corrected chi connectivity index (χ2v) is 7.71. The highest BCUT2D eigenvalue weighted by atomic mass is 16.2. The van der Waals surface area contributed by atoms with Gasteiger partial charge in [-0.2, -0.15) is 0 Å². The SMILES string of the molecule is CC(=O)NCCNc1cc(NCCNC(=O)Cn2cc(C)c(=O)[nH]c2=O)nc(-c2ccccc2)n1. The molecule has 3 rings (SSSR count). The number of aromatic amines is 1. The number of nitrogens with one attached hydrogen (secondary N) is 5. The first-order valence-corrected chi connectivity index (χ1v) is 11.1. The largest absolute Gasteiger partial charge is 0.368 e. The molecule has 0 bridgehead atoms. The number of hydrogen-bond donors (Lipinski definition) is 5. The highest BCUT2D eigenvalue weighted by Crippen LogP contribution is 2.19. The van der Waals surface area contributed by atoms with Gasteiger partial charge in [0.15, 0.2) is 5.82 Å². The van der Waals surface area contributed by atoms with Crippen LogP contribution in [0.3, 0.4) is 0 Å². The molecular weight excluding hydrogens is 452 g/mol. The van der Waals surface area contributed by atoms with E-state index in [2.05, 4.69) is 36.2 Å². The number of nitrogens with zero attached hydrogens (tertiary/aromatic N) is 3. The van der Waals surface area contributed by atoms with Crippen molar-refractivity contribution >= 4 is 23.5 Å². The van der Waals surface area contributed by atoms with Crippen LogP contribution in [0.5, 0.6) is 0 Å². The topological polar surface area (TPSA) is 163 Å². The fourth-order valence-electron chi connectivity index (χ4n) is 3.11. The summed E-state index contributed by atoms with van der Waals surface area (Å²) in [5.74, 6) is 1.19. The Balaban J connectivity index is 1.59. The van der Waals surface area contributed by atoms with E-state index in [1.54, 1.807) is 13.0 Å². The number of aryl methyl sites for hydroxylation is 1. The van der Waals surface area contributed by atoms with Gasteiger partial charge in [-0.15, -0.1) is 0 Å². The third kappa shape index (κ3) is 7.81. The Hall–Kier alpha value is -4.48. The molecule has 3 aromatic rings. The minimum atomic E-state index is -0.637. The van der Waals surface area contributed by atoms with Gasteiger partial charge in [0.2, 0.25) is 11.8 Å². The first kappa shape index (κ1) is 25.1. The smallest absolute Gasteiger partial charge is 0.328 e. The van der Waals surface area contributed by atoms with Crippen molar-refractivity contribution < 1.29 is 9.59 Å². The molecule has 12 heteroatoms. The van der Waals surface area contributed by atoms with Crippen molar-refractivity contribution in [2.24, 2.45) is 0 Å². The van der Waals surface area contributed by atoms with E-state index in [1.807, 2.05) is 30.3 Å². The van der Waals surface area contributed by atoms with Gasteiger partial charge in [-0.05, 0) is 6.92 Å². The Morgan fingerprint density at radius 1 is 0.943 bits per heavy atom. The Bertz CT molecular complexity index is 1290. The van der Waals surface area contributed by atoms with Crippen LogP contribution in [0.25, 0.3) is 11.4 Å². The number of amides is 2. The van der Waals surface area contributed by atoms with E-state index < -0.39 is 11.2 Å². The van der Waals surface area contributed by atoms with E-state index >= 15 is 0 Å². The molecule has 2 heterocycles. The normalized spacial score (nSPS) is 10.5. The predicted octanol–water partition coefficient (Wildman–Crippen LogP) is 0.0783. The molecule has 0 atom stereocenters. The molecule has 0 aliphatic rings. The first-order valence-electron chi connectivity index (χ1n) is 11.1. The quantitative estimate of drug-likeness (QED) is 0.241. The molecule has 0 saturated carbocycles. The number of hydrogen-bond acceptors (Lipinski definition) is 8. The first-order chi connectivity index (χ1) is 16.8. The lowest BCUT2D eigenvalue weighted by molar-refractivity contribution is -0.121. The molecule has 0 spiro atoms. The molecular formula is C23H28N8O4. The Kier molecular flexibility index (Phi) is 8.70. The minimum Gasteiger partial charge on any atom is -0.368 e. The molecule has 0 fully saturated rings. The summed E-state index contributed by atoms with van der Waals surface area (Å²) >= 11 is 0. The van der Waals surface area contributed by atoms with E-state index in [9.17, 15) is 19.2 Å². The lowest BCUT2D eigenvalue weighted by atomic mass is 10.2. The minimum absolute atomic E-state index is 0.107. The number of aromatic nitrogens is 4. The maximum Gasteiger partial charge on any atom is 0.328 e. The molecule has 0 radical (unpaired) electrons. The maximum absolute atomic E-state index is 12.2. The van der Waals surface area contributed by atoms with Crippen molar-refractivity contribution in [1.82, 2.24) is 30.2 Å². The van der Waals surface area contributed by atoms with Crippen molar-refractivity contribution in [3.63, 3.8) is 0 Å². The van der Waals surface area contributed by atoms with Crippen LogP contribution in [-0.4, -0.2) is 57.5 Å². The average molecular weight is 481 g/mol. The zero-order chi connectivity index (χ0) is 25.2. The summed E-state index contributed by atoms with van der Waals surface area (Å²) in [6, 6.07) is 11.2. The van der Waals surface area contributed by atoms with Gasteiger partial charge >= 0.3 is 5.69 Å². The highest BCUT2D eigenvalue weighted by Gasteiger charge is 2.09. The summed E-state index contributed by atoms with van der Waals surface area (Å²) in [6.07, 6.45) is 1.35. The van der Waals surface area contributed by atoms with Crippen molar-refractivity contribution in [2.75, 3.05) is 36.8 Å². The summed E-state index contributed by atoms with van der Waals surface area (Å²) < 4.78 is 1.15. The maximum atomic E-state index is 12.2. The lowest BCUT2D eigenvalue weighted by Gasteiger charge is -2.12. The van der Waals surface area contributed by atoms with Gasteiger partial charge in [0.05, 0.1) is 0 Å². The number of carbonyl (C=O) groups is 2. The van der Waals surface area contributed by atoms with Gasteiger partial charge < -0.3 is 21.3 Å². The van der Waals surface area contributed by atoms with Gasteiger partial charge in [0, 0.05) is 56.5 Å². The summed E-state index contributed by atoms with van der Waals surface area (Å²) in [4.78, 5) is 57.8. The van der Waals surface area contributed by atoms with Gasteiger partial charge in [-0.25, -0.2) is 14.8 Å². The number of H-pyrrole nitrogens is 1.